The first-order valence-electron chi connectivity index (χ1n) is 6.51. The van der Waals surface area contributed by atoms with E-state index in [0.717, 1.165) is 0 Å². The molecule has 1 aliphatic rings. The Kier molecular flexibility index (Phi) is 3.37. The highest BCUT2D eigenvalue weighted by Crippen LogP contribution is 2.58. The number of hydrogen-bond acceptors (Lipinski definition) is 3. The zero-order valence-corrected chi connectivity index (χ0v) is 12.0. The summed E-state index contributed by atoms with van der Waals surface area (Å²) in [6.07, 6.45) is -0.995. The van der Waals surface area contributed by atoms with Gasteiger partial charge in [0.1, 0.15) is 16.9 Å². The van der Waals surface area contributed by atoms with Crippen molar-refractivity contribution in [3.63, 3.8) is 0 Å². The smallest absolute Gasteiger partial charge is 0.271 e. The summed E-state index contributed by atoms with van der Waals surface area (Å²) >= 11 is 5.99. The van der Waals surface area contributed by atoms with Crippen LogP contribution in [0, 0.1) is 16.7 Å². The summed E-state index contributed by atoms with van der Waals surface area (Å²) < 4.78 is 40.2. The van der Waals surface area contributed by atoms with Gasteiger partial charge in [0.25, 0.3) is 0 Å². The molecule has 0 amide bonds. The van der Waals surface area contributed by atoms with Crippen molar-refractivity contribution in [3.05, 3.63) is 35.4 Å². The van der Waals surface area contributed by atoms with E-state index in [1.165, 1.54) is 23.1 Å². The Labute approximate surface area is 129 Å². The molecule has 0 N–H and O–H groups in total. The Bertz CT molecular complexity index is 756. The monoisotopic (exact) mass is 326 g/mol. The Balaban J connectivity index is 1.85. The number of nitriles is 1. The van der Waals surface area contributed by atoms with Crippen molar-refractivity contribution in [2.45, 2.75) is 25.6 Å². The molecule has 114 valence electrons. The van der Waals surface area contributed by atoms with Gasteiger partial charge in [-0.2, -0.15) is 23.5 Å². The molecule has 0 unspecified atom stereocenters. The van der Waals surface area contributed by atoms with Crippen LogP contribution in [0.25, 0.3) is 11.1 Å². The largest absolute Gasteiger partial charge is 0.396 e. The molecule has 4 nitrogen and oxygen atoms in total. The second-order valence-electron chi connectivity index (χ2n) is 5.35. The maximum Gasteiger partial charge on any atom is 0.396 e. The maximum absolute atomic E-state index is 13.0. The summed E-state index contributed by atoms with van der Waals surface area (Å²) in [5.41, 5.74) is -0.373. The highest BCUT2D eigenvalue weighted by atomic mass is 35.5. The molecule has 0 bridgehead atoms. The van der Waals surface area contributed by atoms with Crippen LogP contribution in [-0.4, -0.2) is 20.9 Å². The van der Waals surface area contributed by atoms with Gasteiger partial charge in [-0.25, -0.2) is 4.98 Å². The average Bonchev–Trinajstić information content (AvgIpc) is 3.10. The summed E-state index contributed by atoms with van der Waals surface area (Å²) in [6, 6.07) is 4.97. The molecular weight excluding hydrogens is 317 g/mol. The van der Waals surface area contributed by atoms with E-state index in [0.29, 0.717) is 11.1 Å². The first-order chi connectivity index (χ1) is 10.3. The van der Waals surface area contributed by atoms with Gasteiger partial charge in [-0.15, -0.1) is 0 Å². The van der Waals surface area contributed by atoms with Gasteiger partial charge in [0.05, 0.1) is 18.2 Å². The van der Waals surface area contributed by atoms with Crippen molar-refractivity contribution < 1.29 is 13.2 Å². The summed E-state index contributed by atoms with van der Waals surface area (Å²) in [5, 5.41) is 12.8. The molecule has 1 fully saturated rings. The van der Waals surface area contributed by atoms with Gasteiger partial charge in [-0.1, -0.05) is 11.6 Å². The fourth-order valence-electron chi connectivity index (χ4n) is 2.29. The van der Waals surface area contributed by atoms with Crippen molar-refractivity contribution in [2.24, 2.45) is 5.41 Å². The van der Waals surface area contributed by atoms with Crippen molar-refractivity contribution in [2.75, 3.05) is 0 Å². The molecular formula is C14H10ClF3N4. The number of halogens is 4. The number of rotatable bonds is 3. The molecule has 1 aliphatic carbocycles. The van der Waals surface area contributed by atoms with E-state index >= 15 is 0 Å². The number of nitrogens with zero attached hydrogens (tertiary/aromatic N) is 4. The molecule has 2 aromatic rings. The van der Waals surface area contributed by atoms with Gasteiger partial charge in [-0.3, -0.25) is 4.68 Å². The Morgan fingerprint density at radius 2 is 2.09 bits per heavy atom. The molecule has 0 saturated heterocycles. The quantitative estimate of drug-likeness (QED) is 0.806. The van der Waals surface area contributed by atoms with Crippen LogP contribution in [0.5, 0.6) is 0 Å². The van der Waals surface area contributed by atoms with Crippen molar-refractivity contribution in [1.29, 1.82) is 5.26 Å². The van der Waals surface area contributed by atoms with Crippen LogP contribution in [-0.2, 0) is 6.54 Å². The lowest BCUT2D eigenvalue weighted by molar-refractivity contribution is -0.191. The Hall–Kier alpha value is -2.07. The second kappa shape index (κ2) is 4.99. The molecule has 8 heteroatoms. The topological polar surface area (TPSA) is 54.5 Å². The summed E-state index contributed by atoms with van der Waals surface area (Å²) in [5.74, 6) is 0. The third kappa shape index (κ3) is 2.55. The number of pyridine rings is 1. The summed E-state index contributed by atoms with van der Waals surface area (Å²) in [4.78, 5) is 3.89. The van der Waals surface area contributed by atoms with Crippen LogP contribution in [0.3, 0.4) is 0 Å². The molecule has 22 heavy (non-hydrogen) atoms. The molecule has 0 spiro atoms. The molecule has 0 radical (unpaired) electrons. The van der Waals surface area contributed by atoms with Crippen LogP contribution in [0.4, 0.5) is 13.2 Å². The standard InChI is InChI=1S/C14H10ClF3N4/c15-12-11(2-1-10(5-19)21-12)9-6-20-22(7-9)8-13(3-4-13)14(16,17)18/h1-2,6-7H,3-4,8H2. The highest BCUT2D eigenvalue weighted by molar-refractivity contribution is 6.32. The second-order valence-corrected chi connectivity index (χ2v) is 5.71. The fraction of sp³-hybridized carbons (Fsp3) is 0.357. The zero-order chi connectivity index (χ0) is 16.0. The maximum atomic E-state index is 13.0. The van der Waals surface area contributed by atoms with Gasteiger partial charge in [0, 0.05) is 17.3 Å². The normalized spacial score (nSPS) is 16.3. The first kappa shape index (κ1) is 14.9. The van der Waals surface area contributed by atoms with Gasteiger partial charge in [0.15, 0.2) is 0 Å². The first-order valence-corrected chi connectivity index (χ1v) is 6.89. The number of hydrogen-bond donors (Lipinski definition) is 0. The van der Waals surface area contributed by atoms with Gasteiger partial charge in [0.2, 0.25) is 0 Å². The molecule has 2 aromatic heterocycles. The lowest BCUT2D eigenvalue weighted by Gasteiger charge is -2.18. The van der Waals surface area contributed by atoms with Crippen LogP contribution >= 0.6 is 11.6 Å². The lowest BCUT2D eigenvalue weighted by Crippen LogP contribution is -2.29. The molecule has 3 rings (SSSR count). The van der Waals surface area contributed by atoms with Crippen LogP contribution in [0.2, 0.25) is 5.15 Å². The van der Waals surface area contributed by atoms with Crippen LogP contribution < -0.4 is 0 Å². The predicted molar refractivity (Wildman–Crippen MR) is 72.9 cm³/mol. The number of alkyl halides is 3. The van der Waals surface area contributed by atoms with Crippen LogP contribution in [0.1, 0.15) is 18.5 Å². The Morgan fingerprint density at radius 3 is 2.64 bits per heavy atom. The highest BCUT2D eigenvalue weighted by Gasteiger charge is 2.63. The van der Waals surface area contributed by atoms with Gasteiger partial charge < -0.3 is 0 Å². The number of aromatic nitrogens is 3. The van der Waals surface area contributed by atoms with E-state index in [1.54, 1.807) is 6.07 Å². The van der Waals surface area contributed by atoms with E-state index in [9.17, 15) is 13.2 Å². The van der Waals surface area contributed by atoms with Crippen LogP contribution in [0.15, 0.2) is 24.5 Å². The fourth-order valence-corrected chi connectivity index (χ4v) is 2.56. The van der Waals surface area contributed by atoms with E-state index in [-0.39, 0.29) is 30.2 Å². The van der Waals surface area contributed by atoms with Gasteiger partial charge >= 0.3 is 6.18 Å². The summed E-state index contributed by atoms with van der Waals surface area (Å²) in [7, 11) is 0. The third-order valence-electron chi connectivity index (χ3n) is 3.83. The average molecular weight is 327 g/mol. The van der Waals surface area contributed by atoms with Gasteiger partial charge in [-0.05, 0) is 25.0 Å². The molecule has 0 atom stereocenters. The van der Waals surface area contributed by atoms with Crippen molar-refractivity contribution in [3.8, 4) is 17.2 Å². The Morgan fingerprint density at radius 1 is 1.36 bits per heavy atom. The van der Waals surface area contributed by atoms with E-state index in [2.05, 4.69) is 10.1 Å². The predicted octanol–water partition coefficient (Wildman–Crippen LogP) is 3.81. The molecule has 2 heterocycles. The van der Waals surface area contributed by atoms with Crippen molar-refractivity contribution >= 4 is 11.6 Å². The molecule has 1 saturated carbocycles. The third-order valence-corrected chi connectivity index (χ3v) is 4.12. The van der Waals surface area contributed by atoms with E-state index in [1.807, 2.05) is 6.07 Å². The molecule has 0 aromatic carbocycles. The minimum absolute atomic E-state index is 0.121. The van der Waals surface area contributed by atoms with Crippen molar-refractivity contribution in [1.82, 2.24) is 14.8 Å². The lowest BCUT2D eigenvalue weighted by atomic mass is 10.1. The van der Waals surface area contributed by atoms with E-state index < -0.39 is 11.6 Å². The van der Waals surface area contributed by atoms with E-state index in [4.69, 9.17) is 16.9 Å². The summed E-state index contributed by atoms with van der Waals surface area (Å²) in [6.45, 7) is -0.197. The minimum atomic E-state index is -4.22. The minimum Gasteiger partial charge on any atom is -0.271 e. The zero-order valence-electron chi connectivity index (χ0n) is 11.2. The molecule has 0 aliphatic heterocycles. The SMILES string of the molecule is N#Cc1ccc(-c2cnn(CC3(C(F)(F)F)CC3)c2)c(Cl)n1.